The van der Waals surface area contributed by atoms with Gasteiger partial charge in [-0.1, -0.05) is 6.42 Å². The van der Waals surface area contributed by atoms with E-state index in [1.165, 1.54) is 25.8 Å². The Balaban J connectivity index is 2.07. The van der Waals surface area contributed by atoms with E-state index in [9.17, 15) is 0 Å². The zero-order valence-electron chi connectivity index (χ0n) is 7.16. The van der Waals surface area contributed by atoms with Crippen LogP contribution in [0.5, 0.6) is 0 Å². The van der Waals surface area contributed by atoms with Crippen LogP contribution in [0.2, 0.25) is 0 Å². The Hall–Kier alpha value is -0.0800. The highest BCUT2D eigenvalue weighted by molar-refractivity contribution is 4.94. The molecule has 0 bridgehead atoms. The van der Waals surface area contributed by atoms with Crippen molar-refractivity contribution in [1.82, 2.24) is 4.90 Å². The van der Waals surface area contributed by atoms with E-state index in [-0.39, 0.29) is 0 Å². The number of hydrogen-bond donors (Lipinski definition) is 1. The molecule has 2 rings (SSSR count). The van der Waals surface area contributed by atoms with Gasteiger partial charge in [0.05, 0.1) is 6.61 Å². The fourth-order valence-corrected chi connectivity index (χ4v) is 2.91. The van der Waals surface area contributed by atoms with Crippen LogP contribution in [0.25, 0.3) is 0 Å². The number of nitrogens with zero attached hydrogens (tertiary/aromatic N) is 1. The molecular formula is C9H17NO. The third-order valence-corrected chi connectivity index (χ3v) is 3.49. The Morgan fingerprint density at radius 1 is 1.45 bits per heavy atom. The average Bonchev–Trinajstić information content (AvgIpc) is 2.46. The van der Waals surface area contributed by atoms with Crippen molar-refractivity contribution in [2.24, 2.45) is 11.8 Å². The fourth-order valence-electron chi connectivity index (χ4n) is 2.91. The summed E-state index contributed by atoms with van der Waals surface area (Å²) in [5.41, 5.74) is 0. The van der Waals surface area contributed by atoms with Crippen LogP contribution < -0.4 is 0 Å². The predicted octanol–water partition coefficient (Wildman–Crippen LogP) is 0.709. The van der Waals surface area contributed by atoms with Gasteiger partial charge >= 0.3 is 0 Å². The highest BCUT2D eigenvalue weighted by Gasteiger charge is 2.41. The van der Waals surface area contributed by atoms with E-state index in [1.54, 1.807) is 0 Å². The number of rotatable bonds is 1. The zero-order valence-corrected chi connectivity index (χ0v) is 7.16. The second kappa shape index (κ2) is 2.76. The molecule has 0 aromatic heterocycles. The second-order valence-electron chi connectivity index (χ2n) is 4.04. The monoisotopic (exact) mass is 155 g/mol. The van der Waals surface area contributed by atoms with Crippen LogP contribution in [-0.4, -0.2) is 36.2 Å². The molecule has 0 amide bonds. The largest absolute Gasteiger partial charge is 0.395 e. The minimum absolute atomic E-state index is 0.359. The fraction of sp³-hybridized carbons (Fsp3) is 1.00. The average molecular weight is 155 g/mol. The summed E-state index contributed by atoms with van der Waals surface area (Å²) in [7, 11) is 2.14. The maximum atomic E-state index is 9.14. The summed E-state index contributed by atoms with van der Waals surface area (Å²) in [6.07, 6.45) is 4.13. The molecule has 2 fully saturated rings. The van der Waals surface area contributed by atoms with Gasteiger partial charge in [0.25, 0.3) is 0 Å². The van der Waals surface area contributed by atoms with E-state index < -0.39 is 0 Å². The highest BCUT2D eigenvalue weighted by Crippen LogP contribution is 2.40. The molecule has 2 heteroatoms. The van der Waals surface area contributed by atoms with Gasteiger partial charge in [0, 0.05) is 12.6 Å². The third kappa shape index (κ3) is 1.09. The van der Waals surface area contributed by atoms with Crippen LogP contribution in [0.4, 0.5) is 0 Å². The Kier molecular flexibility index (Phi) is 1.90. The molecule has 1 saturated carbocycles. The Labute approximate surface area is 68.2 Å². The lowest BCUT2D eigenvalue weighted by molar-refractivity contribution is 0.154. The molecule has 2 aliphatic rings. The van der Waals surface area contributed by atoms with Gasteiger partial charge in [-0.15, -0.1) is 0 Å². The van der Waals surface area contributed by atoms with E-state index in [1.807, 2.05) is 0 Å². The van der Waals surface area contributed by atoms with E-state index in [2.05, 4.69) is 11.9 Å². The molecule has 1 saturated heterocycles. The van der Waals surface area contributed by atoms with Gasteiger partial charge in [-0.3, -0.25) is 0 Å². The molecule has 3 atom stereocenters. The molecule has 11 heavy (non-hydrogen) atoms. The van der Waals surface area contributed by atoms with Crippen LogP contribution in [0, 0.1) is 11.8 Å². The van der Waals surface area contributed by atoms with Gasteiger partial charge in [0.2, 0.25) is 0 Å². The molecule has 0 spiro atoms. The quantitative estimate of drug-likeness (QED) is 0.603. The first-order valence-electron chi connectivity index (χ1n) is 4.64. The SMILES string of the molecule is CN1CC2CCCC2C1CO. The standard InChI is InChI=1S/C9H17NO/c1-10-5-7-3-2-4-8(7)9(10)6-11/h7-9,11H,2-6H2,1H3. The summed E-state index contributed by atoms with van der Waals surface area (Å²) in [6.45, 7) is 1.58. The lowest BCUT2D eigenvalue weighted by atomic mass is 9.95. The molecule has 1 aliphatic carbocycles. The molecule has 2 nitrogen and oxygen atoms in total. The molecular weight excluding hydrogens is 138 g/mol. The minimum atomic E-state index is 0.359. The van der Waals surface area contributed by atoms with Crippen LogP contribution in [-0.2, 0) is 0 Å². The summed E-state index contributed by atoms with van der Waals surface area (Å²) < 4.78 is 0. The van der Waals surface area contributed by atoms with Gasteiger partial charge in [0.15, 0.2) is 0 Å². The first kappa shape index (κ1) is 7.56. The van der Waals surface area contributed by atoms with Gasteiger partial charge in [0.1, 0.15) is 0 Å². The van der Waals surface area contributed by atoms with E-state index in [0.717, 1.165) is 11.8 Å². The van der Waals surface area contributed by atoms with Crippen molar-refractivity contribution in [2.45, 2.75) is 25.3 Å². The van der Waals surface area contributed by atoms with Gasteiger partial charge < -0.3 is 10.0 Å². The predicted molar refractivity (Wildman–Crippen MR) is 44.3 cm³/mol. The number of aliphatic hydroxyl groups is 1. The highest BCUT2D eigenvalue weighted by atomic mass is 16.3. The molecule has 1 N–H and O–H groups in total. The van der Waals surface area contributed by atoms with Crippen molar-refractivity contribution in [3.8, 4) is 0 Å². The van der Waals surface area contributed by atoms with E-state index >= 15 is 0 Å². The van der Waals surface area contributed by atoms with Crippen LogP contribution in [0.1, 0.15) is 19.3 Å². The van der Waals surface area contributed by atoms with Crippen molar-refractivity contribution in [2.75, 3.05) is 20.2 Å². The molecule has 0 aromatic rings. The summed E-state index contributed by atoms with van der Waals surface area (Å²) >= 11 is 0. The van der Waals surface area contributed by atoms with E-state index in [4.69, 9.17) is 5.11 Å². The Morgan fingerprint density at radius 2 is 2.27 bits per heavy atom. The molecule has 0 aromatic carbocycles. The maximum absolute atomic E-state index is 9.14. The number of hydrogen-bond acceptors (Lipinski definition) is 2. The van der Waals surface area contributed by atoms with Crippen molar-refractivity contribution in [1.29, 1.82) is 0 Å². The lowest BCUT2D eigenvalue weighted by Gasteiger charge is -2.21. The zero-order chi connectivity index (χ0) is 7.84. The Morgan fingerprint density at radius 3 is 3.00 bits per heavy atom. The topological polar surface area (TPSA) is 23.5 Å². The molecule has 1 aliphatic heterocycles. The normalized spacial score (nSPS) is 44.7. The first-order chi connectivity index (χ1) is 5.33. The number of likely N-dealkylation sites (N-methyl/N-ethyl adjacent to an activating group) is 1. The summed E-state index contributed by atoms with van der Waals surface area (Å²) in [4.78, 5) is 2.33. The van der Waals surface area contributed by atoms with E-state index in [0.29, 0.717) is 12.6 Å². The number of fused-ring (bicyclic) bond motifs is 1. The maximum Gasteiger partial charge on any atom is 0.0589 e. The smallest absolute Gasteiger partial charge is 0.0589 e. The third-order valence-electron chi connectivity index (χ3n) is 3.49. The van der Waals surface area contributed by atoms with Crippen LogP contribution >= 0.6 is 0 Å². The number of likely N-dealkylation sites (tertiary alicyclic amines) is 1. The van der Waals surface area contributed by atoms with Crippen molar-refractivity contribution < 1.29 is 5.11 Å². The molecule has 64 valence electrons. The van der Waals surface area contributed by atoms with Crippen molar-refractivity contribution in [3.05, 3.63) is 0 Å². The summed E-state index contributed by atoms with van der Waals surface area (Å²) in [6, 6.07) is 0.475. The molecule has 1 heterocycles. The first-order valence-corrected chi connectivity index (χ1v) is 4.64. The van der Waals surface area contributed by atoms with Gasteiger partial charge in [-0.25, -0.2) is 0 Å². The van der Waals surface area contributed by atoms with Crippen molar-refractivity contribution in [3.63, 3.8) is 0 Å². The molecule has 0 radical (unpaired) electrons. The summed E-state index contributed by atoms with van der Waals surface area (Å²) in [5.74, 6) is 1.71. The second-order valence-corrected chi connectivity index (χ2v) is 4.04. The molecule has 3 unspecified atom stereocenters. The minimum Gasteiger partial charge on any atom is -0.395 e. The van der Waals surface area contributed by atoms with Gasteiger partial charge in [-0.2, -0.15) is 0 Å². The van der Waals surface area contributed by atoms with Crippen LogP contribution in [0.15, 0.2) is 0 Å². The summed E-state index contributed by atoms with van der Waals surface area (Å²) in [5, 5.41) is 9.14. The Bertz CT molecular complexity index is 148. The van der Waals surface area contributed by atoms with Crippen molar-refractivity contribution >= 4 is 0 Å². The van der Waals surface area contributed by atoms with Crippen LogP contribution in [0.3, 0.4) is 0 Å². The van der Waals surface area contributed by atoms with Gasteiger partial charge in [-0.05, 0) is 31.7 Å². The number of aliphatic hydroxyl groups excluding tert-OH is 1. The lowest BCUT2D eigenvalue weighted by Crippen LogP contribution is -2.32.